The molecule has 0 bridgehead atoms. The largest absolute Gasteiger partial charge is 0.490 e. The highest BCUT2D eigenvalue weighted by Crippen LogP contribution is 2.40. The van der Waals surface area contributed by atoms with Crippen molar-refractivity contribution in [2.24, 2.45) is 0 Å². The van der Waals surface area contributed by atoms with Gasteiger partial charge < -0.3 is 14.8 Å². The molecule has 1 aliphatic carbocycles. The average molecular weight is 509 g/mol. The Morgan fingerprint density at radius 3 is 2.83 bits per heavy atom. The molecule has 1 N–H and O–H groups in total. The average Bonchev–Trinajstić information content (AvgIpc) is 3.46. The number of hydrogen-bond acceptors (Lipinski definition) is 8. The second kappa shape index (κ2) is 9.70. The van der Waals surface area contributed by atoms with Crippen molar-refractivity contribution in [3.63, 3.8) is 0 Å². The third-order valence-corrected chi connectivity index (χ3v) is 9.45. The summed E-state index contributed by atoms with van der Waals surface area (Å²) in [6, 6.07) is 14.4. The Balaban J connectivity index is 1.35. The van der Waals surface area contributed by atoms with Gasteiger partial charge in [-0.2, -0.15) is 5.26 Å². The molecule has 0 saturated carbocycles. The molecule has 2 heterocycles. The van der Waals surface area contributed by atoms with Crippen LogP contribution in [0, 0.1) is 11.3 Å². The first kappa shape index (κ1) is 23.9. The minimum Gasteiger partial charge on any atom is -0.490 e. The summed E-state index contributed by atoms with van der Waals surface area (Å²) in [5.41, 5.74) is 5.03. The standard InChI is InChI=1S/C26H28N4O3S2/c1-16(2)33-23-10-7-17(13-18(23)14-27)25-29-30-26(34-25)21-6-4-5-20-19(21)8-9-22(20)28-11-12-35(3,31)24-15-32-24/h4-7,10,13,16,22,28H,8-9,11-12,15H2,1-3H3. The van der Waals surface area contributed by atoms with Gasteiger partial charge >= 0.3 is 0 Å². The summed E-state index contributed by atoms with van der Waals surface area (Å²) in [7, 11) is -2.01. The minimum atomic E-state index is -2.01. The van der Waals surface area contributed by atoms with E-state index < -0.39 is 9.52 Å². The van der Waals surface area contributed by atoms with Crippen molar-refractivity contribution in [1.82, 2.24) is 15.5 Å². The first-order valence-electron chi connectivity index (χ1n) is 11.7. The molecule has 1 aliphatic heterocycles. The molecule has 1 fully saturated rings. The first-order chi connectivity index (χ1) is 16.9. The molecule has 1 saturated heterocycles. The van der Waals surface area contributed by atoms with Crippen LogP contribution in [0.2, 0.25) is 0 Å². The Labute approximate surface area is 210 Å². The minimum absolute atomic E-state index is 0.00301. The van der Waals surface area contributed by atoms with Crippen molar-refractivity contribution in [1.29, 1.82) is 5.26 Å². The maximum Gasteiger partial charge on any atom is 0.148 e. The second-order valence-electron chi connectivity index (χ2n) is 9.19. The van der Waals surface area contributed by atoms with Gasteiger partial charge in [0.05, 0.1) is 11.7 Å². The molecule has 0 spiro atoms. The third kappa shape index (κ3) is 5.11. The van der Waals surface area contributed by atoms with Crippen LogP contribution in [0.5, 0.6) is 5.75 Å². The van der Waals surface area contributed by atoms with Crippen LogP contribution in [0.1, 0.15) is 43.0 Å². The van der Waals surface area contributed by atoms with Crippen molar-refractivity contribution in [3.05, 3.63) is 53.1 Å². The van der Waals surface area contributed by atoms with Crippen LogP contribution in [0.25, 0.3) is 21.1 Å². The SMILES string of the molecule is CC(C)Oc1ccc(-c2nnc(-c3cccc4c3CCC4NCCS(C)(=O)=C3CO3)s2)cc1C#N. The molecule has 182 valence electrons. The molecule has 35 heavy (non-hydrogen) atoms. The van der Waals surface area contributed by atoms with Crippen LogP contribution >= 0.6 is 11.3 Å². The van der Waals surface area contributed by atoms with Gasteiger partial charge in [-0.05, 0) is 56.0 Å². The van der Waals surface area contributed by atoms with E-state index in [0.717, 1.165) is 39.0 Å². The van der Waals surface area contributed by atoms with Crippen LogP contribution in [0.15, 0.2) is 36.4 Å². The van der Waals surface area contributed by atoms with Gasteiger partial charge in [-0.1, -0.05) is 29.5 Å². The third-order valence-electron chi connectivity index (χ3n) is 6.26. The van der Waals surface area contributed by atoms with E-state index in [9.17, 15) is 9.47 Å². The predicted octanol–water partition coefficient (Wildman–Crippen LogP) is 4.18. The van der Waals surface area contributed by atoms with Gasteiger partial charge in [0.1, 0.15) is 33.5 Å². The number of benzene rings is 2. The fourth-order valence-electron chi connectivity index (χ4n) is 4.44. The quantitative estimate of drug-likeness (QED) is 0.360. The van der Waals surface area contributed by atoms with Gasteiger partial charge in [0.15, 0.2) is 0 Å². The summed E-state index contributed by atoms with van der Waals surface area (Å²) >= 11 is 1.53. The molecule has 2 aromatic carbocycles. The molecule has 2 atom stereocenters. The van der Waals surface area contributed by atoms with Crippen molar-refractivity contribution in [2.75, 3.05) is 25.2 Å². The number of hydrogen-bond donors (Lipinski definition) is 1. The molecule has 7 nitrogen and oxygen atoms in total. The van der Waals surface area contributed by atoms with Gasteiger partial charge in [-0.15, -0.1) is 10.2 Å². The summed E-state index contributed by atoms with van der Waals surface area (Å²) in [5, 5.41) is 24.5. The lowest BCUT2D eigenvalue weighted by molar-refractivity contribution is 0.242. The van der Waals surface area contributed by atoms with Gasteiger partial charge in [-0.3, -0.25) is 4.21 Å². The summed E-state index contributed by atoms with van der Waals surface area (Å²) in [6.45, 7) is 5.11. The van der Waals surface area contributed by atoms with Crippen molar-refractivity contribution in [2.45, 2.75) is 38.8 Å². The topological polar surface area (TPSA) is 100 Å². The molecule has 9 heteroatoms. The number of epoxide rings is 1. The van der Waals surface area contributed by atoms with E-state index in [1.807, 2.05) is 32.0 Å². The van der Waals surface area contributed by atoms with Crippen molar-refractivity contribution in [3.8, 4) is 33.0 Å². The number of nitrogens with one attached hydrogen (secondary N) is 1. The fraction of sp³-hybridized carbons (Fsp3) is 0.385. The predicted molar refractivity (Wildman–Crippen MR) is 140 cm³/mol. The molecule has 3 aromatic rings. The lowest BCUT2D eigenvalue weighted by atomic mass is 10.0. The Hall–Kier alpha value is -2.77. The molecule has 5 rings (SSSR count). The highest BCUT2D eigenvalue weighted by atomic mass is 32.2. The van der Waals surface area contributed by atoms with Crippen LogP contribution in [0.3, 0.4) is 0 Å². The number of rotatable bonds is 8. The van der Waals surface area contributed by atoms with E-state index in [4.69, 9.17) is 9.47 Å². The zero-order chi connectivity index (χ0) is 24.6. The molecule has 2 aliphatic rings. The van der Waals surface area contributed by atoms with Crippen LogP contribution in [-0.2, 0) is 20.7 Å². The monoisotopic (exact) mass is 508 g/mol. The lowest BCUT2D eigenvalue weighted by Crippen LogP contribution is -2.26. The molecular formula is C26H28N4O3S2. The second-order valence-corrected chi connectivity index (χ2v) is 13.0. The molecule has 1 aromatic heterocycles. The summed E-state index contributed by atoms with van der Waals surface area (Å²) < 4.78 is 23.5. The number of nitriles is 1. The normalized spacial score (nSPS) is 18.3. The van der Waals surface area contributed by atoms with Gasteiger partial charge in [0.25, 0.3) is 0 Å². The highest BCUT2D eigenvalue weighted by molar-refractivity contribution is 8.01. The van der Waals surface area contributed by atoms with Gasteiger partial charge in [0.2, 0.25) is 0 Å². The van der Waals surface area contributed by atoms with E-state index >= 15 is 0 Å². The van der Waals surface area contributed by atoms with Gasteiger partial charge in [0, 0.05) is 45.2 Å². The number of nitrogens with zero attached hydrogens (tertiary/aromatic N) is 3. The zero-order valence-corrected chi connectivity index (χ0v) is 21.7. The van der Waals surface area contributed by atoms with E-state index in [0.29, 0.717) is 30.2 Å². The van der Waals surface area contributed by atoms with E-state index in [1.54, 1.807) is 6.26 Å². The smallest absolute Gasteiger partial charge is 0.148 e. The van der Waals surface area contributed by atoms with E-state index in [-0.39, 0.29) is 12.1 Å². The number of ether oxygens (including phenoxy) is 2. The highest BCUT2D eigenvalue weighted by Gasteiger charge is 2.27. The Bertz CT molecular complexity index is 1420. The van der Waals surface area contributed by atoms with Crippen LogP contribution in [-0.4, -0.2) is 50.7 Å². The lowest BCUT2D eigenvalue weighted by Gasteiger charge is -2.15. The van der Waals surface area contributed by atoms with Gasteiger partial charge in [-0.25, -0.2) is 0 Å². The Morgan fingerprint density at radius 2 is 2.09 bits per heavy atom. The number of aromatic nitrogens is 2. The summed E-state index contributed by atoms with van der Waals surface area (Å²) in [6.07, 6.45) is 3.74. The van der Waals surface area contributed by atoms with Crippen molar-refractivity contribution >= 4 is 25.9 Å². The van der Waals surface area contributed by atoms with Crippen LogP contribution in [0.4, 0.5) is 0 Å². The molecule has 0 radical (unpaired) electrons. The molecule has 2 unspecified atom stereocenters. The first-order valence-corrected chi connectivity index (χ1v) is 14.7. The summed E-state index contributed by atoms with van der Waals surface area (Å²) in [4.78, 5) is 0. The van der Waals surface area contributed by atoms with E-state index in [2.05, 4.69) is 39.8 Å². The zero-order valence-electron chi connectivity index (χ0n) is 20.0. The Morgan fingerprint density at radius 1 is 1.29 bits per heavy atom. The Kier molecular flexibility index (Phi) is 6.64. The summed E-state index contributed by atoms with van der Waals surface area (Å²) in [5.74, 6) is 1.18. The maximum absolute atomic E-state index is 12.6. The van der Waals surface area contributed by atoms with E-state index in [1.165, 1.54) is 22.5 Å². The molecule has 0 amide bonds. The van der Waals surface area contributed by atoms with Crippen molar-refractivity contribution < 1.29 is 13.7 Å². The number of fused-ring (bicyclic) bond motifs is 1. The fourth-order valence-corrected chi connectivity index (χ4v) is 6.63. The maximum atomic E-state index is 12.6. The molecular weight excluding hydrogens is 480 g/mol. The van der Waals surface area contributed by atoms with Crippen LogP contribution < -0.4 is 10.1 Å².